The third kappa shape index (κ3) is 5.30. The van der Waals surface area contributed by atoms with Crippen molar-refractivity contribution in [1.82, 2.24) is 4.90 Å². The number of nitrogens with zero attached hydrogens (tertiary/aromatic N) is 1. The van der Waals surface area contributed by atoms with Crippen LogP contribution in [0.15, 0.2) is 49.6 Å². The van der Waals surface area contributed by atoms with E-state index >= 15 is 0 Å². The van der Waals surface area contributed by atoms with Gasteiger partial charge < -0.3 is 15.4 Å². The number of carbonyl (C=O) groups is 2. The number of primary amides is 1. The SMILES string of the molecule is C=CCC(CC=C)(C(N)=O)c1ccc(C(=O)OCCN(CC)CC)cc1. The fourth-order valence-corrected chi connectivity index (χ4v) is 2.97. The Balaban J connectivity index is 2.88. The van der Waals surface area contributed by atoms with Gasteiger partial charge in [-0.15, -0.1) is 13.2 Å². The molecule has 1 aromatic carbocycles. The topological polar surface area (TPSA) is 72.6 Å². The number of carbonyl (C=O) groups excluding carboxylic acids is 2. The Morgan fingerprint density at radius 2 is 1.65 bits per heavy atom. The van der Waals surface area contributed by atoms with Gasteiger partial charge in [-0.05, 0) is 43.6 Å². The molecule has 0 heterocycles. The molecule has 0 atom stereocenters. The minimum Gasteiger partial charge on any atom is -0.461 e. The van der Waals surface area contributed by atoms with Gasteiger partial charge >= 0.3 is 5.97 Å². The summed E-state index contributed by atoms with van der Waals surface area (Å²) < 4.78 is 5.33. The van der Waals surface area contributed by atoms with Gasteiger partial charge in [-0.1, -0.05) is 38.1 Å². The van der Waals surface area contributed by atoms with E-state index in [0.29, 0.717) is 31.6 Å². The maximum Gasteiger partial charge on any atom is 0.338 e. The highest BCUT2D eigenvalue weighted by atomic mass is 16.5. The van der Waals surface area contributed by atoms with Crippen LogP contribution < -0.4 is 5.73 Å². The third-order valence-corrected chi connectivity index (χ3v) is 4.67. The summed E-state index contributed by atoms with van der Waals surface area (Å²) in [6.07, 6.45) is 4.15. The van der Waals surface area contributed by atoms with Crippen LogP contribution in [0.2, 0.25) is 0 Å². The molecule has 1 amide bonds. The molecular weight excluding hydrogens is 328 g/mol. The van der Waals surface area contributed by atoms with Gasteiger partial charge in [0.2, 0.25) is 5.91 Å². The van der Waals surface area contributed by atoms with Crippen LogP contribution in [0.25, 0.3) is 0 Å². The standard InChI is InChI=1S/C21H30N2O3/c1-5-13-21(14-6-2,20(22)25)18-11-9-17(10-12-18)19(24)26-16-15-23(7-3)8-4/h5-6,9-12H,1-2,7-8,13-16H2,3-4H3,(H2,22,25). The fraction of sp³-hybridized carbons (Fsp3) is 0.429. The number of allylic oxidation sites excluding steroid dienone is 2. The molecule has 0 radical (unpaired) electrons. The van der Waals surface area contributed by atoms with Crippen molar-refractivity contribution in [3.63, 3.8) is 0 Å². The zero-order valence-corrected chi connectivity index (χ0v) is 15.9. The van der Waals surface area contributed by atoms with Gasteiger partial charge in [0, 0.05) is 6.54 Å². The average Bonchev–Trinajstić information content (AvgIpc) is 2.64. The number of nitrogens with two attached hydrogens (primary N) is 1. The highest BCUT2D eigenvalue weighted by Gasteiger charge is 2.36. The lowest BCUT2D eigenvalue weighted by Gasteiger charge is -2.29. The molecule has 0 unspecified atom stereocenters. The second-order valence-corrected chi connectivity index (χ2v) is 6.17. The van der Waals surface area contributed by atoms with Crippen LogP contribution in [0, 0.1) is 0 Å². The Hall–Kier alpha value is -2.40. The summed E-state index contributed by atoms with van der Waals surface area (Å²) in [7, 11) is 0. The van der Waals surface area contributed by atoms with E-state index < -0.39 is 11.3 Å². The van der Waals surface area contributed by atoms with E-state index in [4.69, 9.17) is 10.5 Å². The molecule has 0 fully saturated rings. The molecule has 0 bridgehead atoms. The van der Waals surface area contributed by atoms with E-state index in [0.717, 1.165) is 18.7 Å². The van der Waals surface area contributed by atoms with Crippen LogP contribution >= 0.6 is 0 Å². The second-order valence-electron chi connectivity index (χ2n) is 6.17. The molecule has 5 heteroatoms. The summed E-state index contributed by atoms with van der Waals surface area (Å²) in [6.45, 7) is 14.5. The van der Waals surface area contributed by atoms with Gasteiger partial charge in [-0.2, -0.15) is 0 Å². The fourth-order valence-electron chi connectivity index (χ4n) is 2.97. The predicted molar refractivity (Wildman–Crippen MR) is 105 cm³/mol. The molecule has 1 aromatic rings. The predicted octanol–water partition coefficient (Wildman–Crippen LogP) is 3.06. The van der Waals surface area contributed by atoms with Gasteiger partial charge in [-0.25, -0.2) is 4.79 Å². The Labute approximate surface area is 156 Å². The van der Waals surface area contributed by atoms with Gasteiger partial charge in [0.25, 0.3) is 0 Å². The molecule has 142 valence electrons. The quantitative estimate of drug-likeness (QED) is 0.460. The maximum atomic E-state index is 12.2. The lowest BCUT2D eigenvalue weighted by atomic mass is 9.74. The first-order valence-corrected chi connectivity index (χ1v) is 8.96. The second kappa shape index (κ2) is 10.6. The lowest BCUT2D eigenvalue weighted by Crippen LogP contribution is -2.40. The molecule has 0 saturated heterocycles. The molecule has 0 saturated carbocycles. The number of ether oxygens (including phenoxy) is 1. The molecule has 0 aliphatic carbocycles. The normalized spacial score (nSPS) is 11.2. The van der Waals surface area contributed by atoms with Crippen molar-refractivity contribution in [2.45, 2.75) is 32.1 Å². The summed E-state index contributed by atoms with van der Waals surface area (Å²) in [5.41, 5.74) is 5.96. The van der Waals surface area contributed by atoms with E-state index in [1.54, 1.807) is 36.4 Å². The van der Waals surface area contributed by atoms with Crippen molar-refractivity contribution in [3.8, 4) is 0 Å². The first-order valence-electron chi connectivity index (χ1n) is 8.96. The zero-order valence-electron chi connectivity index (χ0n) is 15.9. The molecule has 0 aliphatic heterocycles. The number of benzene rings is 1. The number of rotatable bonds is 12. The monoisotopic (exact) mass is 358 g/mol. The van der Waals surface area contributed by atoms with Crippen molar-refractivity contribution in [1.29, 1.82) is 0 Å². The largest absolute Gasteiger partial charge is 0.461 e. The molecule has 0 spiro atoms. The summed E-state index contributed by atoms with van der Waals surface area (Å²) in [6, 6.07) is 6.83. The lowest BCUT2D eigenvalue weighted by molar-refractivity contribution is -0.123. The summed E-state index contributed by atoms with van der Waals surface area (Å²) >= 11 is 0. The first-order chi connectivity index (χ1) is 12.4. The van der Waals surface area contributed by atoms with Crippen LogP contribution in [0.3, 0.4) is 0 Å². The molecule has 26 heavy (non-hydrogen) atoms. The molecule has 0 aliphatic rings. The third-order valence-electron chi connectivity index (χ3n) is 4.67. The van der Waals surface area contributed by atoms with Gasteiger partial charge in [-0.3, -0.25) is 4.79 Å². The highest BCUT2D eigenvalue weighted by molar-refractivity contribution is 5.90. The van der Waals surface area contributed by atoms with Crippen molar-refractivity contribution in [3.05, 3.63) is 60.7 Å². The van der Waals surface area contributed by atoms with Crippen molar-refractivity contribution < 1.29 is 14.3 Å². The number of amides is 1. The van der Waals surface area contributed by atoms with Crippen molar-refractivity contribution in [2.75, 3.05) is 26.2 Å². The number of hydrogen-bond donors (Lipinski definition) is 1. The van der Waals surface area contributed by atoms with Crippen LogP contribution in [0.5, 0.6) is 0 Å². The van der Waals surface area contributed by atoms with E-state index in [9.17, 15) is 9.59 Å². The van der Waals surface area contributed by atoms with E-state index in [1.807, 2.05) is 0 Å². The molecule has 2 N–H and O–H groups in total. The highest BCUT2D eigenvalue weighted by Crippen LogP contribution is 2.33. The Morgan fingerprint density at radius 3 is 2.08 bits per heavy atom. The van der Waals surface area contributed by atoms with Crippen molar-refractivity contribution >= 4 is 11.9 Å². The maximum absolute atomic E-state index is 12.2. The molecule has 5 nitrogen and oxygen atoms in total. The average molecular weight is 358 g/mol. The molecule has 0 aromatic heterocycles. The number of esters is 1. The first kappa shape index (κ1) is 21.6. The molecule has 1 rings (SSSR count). The number of likely N-dealkylation sites (N-methyl/N-ethyl adjacent to an activating group) is 1. The zero-order chi connectivity index (χ0) is 19.6. The van der Waals surface area contributed by atoms with E-state index in [1.165, 1.54) is 0 Å². The summed E-state index contributed by atoms with van der Waals surface area (Å²) in [5.74, 6) is -0.812. The molecular formula is C21H30N2O3. The van der Waals surface area contributed by atoms with Gasteiger partial charge in [0.1, 0.15) is 6.61 Å². The number of hydrogen-bond acceptors (Lipinski definition) is 4. The van der Waals surface area contributed by atoms with Gasteiger partial charge in [0.15, 0.2) is 0 Å². The van der Waals surface area contributed by atoms with E-state index in [-0.39, 0.29) is 5.97 Å². The van der Waals surface area contributed by atoms with Crippen LogP contribution in [-0.4, -0.2) is 43.0 Å². The summed E-state index contributed by atoms with van der Waals surface area (Å²) in [4.78, 5) is 26.5. The van der Waals surface area contributed by atoms with Crippen LogP contribution in [0.4, 0.5) is 0 Å². The van der Waals surface area contributed by atoms with Gasteiger partial charge in [0.05, 0.1) is 11.0 Å². The summed E-state index contributed by atoms with van der Waals surface area (Å²) in [5, 5.41) is 0. The Kier molecular flexibility index (Phi) is 8.79. The van der Waals surface area contributed by atoms with Crippen molar-refractivity contribution in [2.24, 2.45) is 5.73 Å². The van der Waals surface area contributed by atoms with Crippen LogP contribution in [-0.2, 0) is 14.9 Å². The minimum atomic E-state index is -0.894. The minimum absolute atomic E-state index is 0.348. The van der Waals surface area contributed by atoms with E-state index in [2.05, 4.69) is 31.9 Å². The Bertz CT molecular complexity index is 609. The smallest absolute Gasteiger partial charge is 0.338 e. The van der Waals surface area contributed by atoms with Crippen LogP contribution in [0.1, 0.15) is 42.6 Å². The Morgan fingerprint density at radius 1 is 1.12 bits per heavy atom.